The standard InChI is InChI=1S/C22H32ClF2N3O5S/c23-17-4-7-20(8-5-17)34(31,32)28-18(6-9-21(24)25)2-1-3-19(28)16-33-22(30)27-12-10-26(11-13-27)14-15-29/h4-5,7-8,18-19,21,29H,1-3,6,9-16H2/t18-,19+/m1/s1. The summed E-state index contributed by atoms with van der Waals surface area (Å²) >= 11 is 5.91. The van der Waals surface area contributed by atoms with Crippen molar-refractivity contribution in [2.75, 3.05) is 45.9 Å². The fourth-order valence-corrected chi connectivity index (χ4v) is 6.58. The zero-order valence-corrected chi connectivity index (χ0v) is 20.6. The van der Waals surface area contributed by atoms with E-state index in [0.717, 1.165) is 0 Å². The van der Waals surface area contributed by atoms with E-state index < -0.39 is 41.0 Å². The van der Waals surface area contributed by atoms with Gasteiger partial charge in [-0.15, -0.1) is 0 Å². The van der Waals surface area contributed by atoms with Gasteiger partial charge in [-0.2, -0.15) is 4.31 Å². The van der Waals surface area contributed by atoms with Crippen LogP contribution in [0.1, 0.15) is 32.1 Å². The van der Waals surface area contributed by atoms with Crippen molar-refractivity contribution in [2.45, 2.75) is 55.5 Å². The summed E-state index contributed by atoms with van der Waals surface area (Å²) in [5.41, 5.74) is 0. The van der Waals surface area contributed by atoms with Crippen molar-refractivity contribution in [2.24, 2.45) is 0 Å². The smallest absolute Gasteiger partial charge is 0.409 e. The summed E-state index contributed by atoms with van der Waals surface area (Å²) in [7, 11) is -4.02. The normalized spacial score (nSPS) is 22.8. The summed E-state index contributed by atoms with van der Waals surface area (Å²) in [5.74, 6) is 0. The number of carbonyl (C=O) groups excluding carboxylic acids is 1. The van der Waals surface area contributed by atoms with Gasteiger partial charge < -0.3 is 14.7 Å². The van der Waals surface area contributed by atoms with Crippen molar-refractivity contribution in [3.63, 3.8) is 0 Å². The summed E-state index contributed by atoms with van der Waals surface area (Å²) in [4.78, 5) is 16.2. The molecule has 2 atom stereocenters. The number of hydrogen-bond donors (Lipinski definition) is 1. The lowest BCUT2D eigenvalue weighted by Gasteiger charge is -2.41. The minimum atomic E-state index is -4.02. The van der Waals surface area contributed by atoms with Gasteiger partial charge in [-0.25, -0.2) is 22.0 Å². The molecule has 0 spiro atoms. The molecule has 2 fully saturated rings. The first kappa shape index (κ1) is 27.1. The van der Waals surface area contributed by atoms with Gasteiger partial charge in [0.05, 0.1) is 17.5 Å². The van der Waals surface area contributed by atoms with Gasteiger partial charge in [-0.05, 0) is 43.5 Å². The van der Waals surface area contributed by atoms with Gasteiger partial charge in [0.25, 0.3) is 0 Å². The van der Waals surface area contributed by atoms with E-state index in [0.29, 0.717) is 57.0 Å². The molecule has 12 heteroatoms. The zero-order chi connectivity index (χ0) is 24.7. The Bertz CT molecular complexity index is 898. The van der Waals surface area contributed by atoms with Gasteiger partial charge in [0.15, 0.2) is 0 Å². The number of aliphatic hydroxyl groups excluding tert-OH is 1. The number of rotatable bonds is 9. The number of ether oxygens (including phenoxy) is 1. The van der Waals surface area contributed by atoms with Crippen molar-refractivity contribution in [3.05, 3.63) is 29.3 Å². The van der Waals surface area contributed by atoms with Crippen LogP contribution in [0.4, 0.5) is 13.6 Å². The lowest BCUT2D eigenvalue weighted by atomic mass is 9.96. The number of hydrogen-bond acceptors (Lipinski definition) is 6. The number of aliphatic hydroxyl groups is 1. The van der Waals surface area contributed by atoms with E-state index in [1.165, 1.54) is 28.6 Å². The quantitative estimate of drug-likeness (QED) is 0.535. The summed E-state index contributed by atoms with van der Waals surface area (Å²) in [5, 5.41) is 9.44. The monoisotopic (exact) mass is 523 g/mol. The number of alkyl halides is 2. The molecule has 0 aliphatic carbocycles. The minimum absolute atomic E-state index is 0.0252. The van der Waals surface area contributed by atoms with Crippen LogP contribution >= 0.6 is 11.6 Å². The highest BCUT2D eigenvalue weighted by Gasteiger charge is 2.40. The molecule has 0 radical (unpaired) electrons. The Morgan fingerprint density at radius 1 is 1.12 bits per heavy atom. The molecule has 1 N–H and O–H groups in total. The Hall–Kier alpha value is -1.53. The molecule has 3 rings (SSSR count). The van der Waals surface area contributed by atoms with Crippen molar-refractivity contribution in [1.82, 2.24) is 14.1 Å². The fourth-order valence-electron chi connectivity index (χ4n) is 4.56. The molecule has 0 saturated carbocycles. The van der Waals surface area contributed by atoms with E-state index in [2.05, 4.69) is 0 Å². The Morgan fingerprint density at radius 3 is 2.38 bits per heavy atom. The molecule has 1 aromatic rings. The Morgan fingerprint density at radius 2 is 1.76 bits per heavy atom. The molecule has 34 heavy (non-hydrogen) atoms. The molecule has 8 nitrogen and oxygen atoms in total. The van der Waals surface area contributed by atoms with Crippen molar-refractivity contribution < 1.29 is 31.8 Å². The van der Waals surface area contributed by atoms with Crippen LogP contribution in [-0.2, 0) is 14.8 Å². The molecule has 2 aliphatic rings. The Kier molecular flexibility index (Phi) is 9.90. The first-order chi connectivity index (χ1) is 16.2. The van der Waals surface area contributed by atoms with Gasteiger partial charge in [0, 0.05) is 50.2 Å². The molecule has 192 valence electrons. The number of benzene rings is 1. The minimum Gasteiger partial charge on any atom is -0.448 e. The second kappa shape index (κ2) is 12.4. The van der Waals surface area contributed by atoms with E-state index in [-0.39, 0.29) is 24.5 Å². The number of β-amino-alcohol motifs (C(OH)–C–C–N with tert-alkyl or cyclic N) is 1. The molecule has 0 bridgehead atoms. The van der Waals surface area contributed by atoms with Crippen molar-refractivity contribution >= 4 is 27.7 Å². The predicted octanol–water partition coefficient (Wildman–Crippen LogP) is 3.04. The van der Waals surface area contributed by atoms with Gasteiger partial charge in [-0.3, -0.25) is 4.90 Å². The first-order valence-electron chi connectivity index (χ1n) is 11.5. The molecule has 0 unspecified atom stereocenters. The second-order valence-corrected chi connectivity index (χ2v) is 10.9. The van der Waals surface area contributed by atoms with Crippen LogP contribution in [-0.4, -0.2) is 98.2 Å². The average molecular weight is 524 g/mol. The van der Waals surface area contributed by atoms with Crippen LogP contribution in [0.3, 0.4) is 0 Å². The van der Waals surface area contributed by atoms with E-state index in [4.69, 9.17) is 21.4 Å². The predicted molar refractivity (Wildman–Crippen MR) is 124 cm³/mol. The Balaban J connectivity index is 1.72. The molecular weight excluding hydrogens is 492 g/mol. The fraction of sp³-hybridized carbons (Fsp3) is 0.682. The maximum absolute atomic E-state index is 13.5. The Labute approximate surface area is 204 Å². The maximum Gasteiger partial charge on any atom is 0.409 e. The highest BCUT2D eigenvalue weighted by atomic mass is 35.5. The molecule has 0 aromatic heterocycles. The third-order valence-corrected chi connectivity index (χ3v) is 8.62. The van der Waals surface area contributed by atoms with Crippen molar-refractivity contribution in [3.8, 4) is 0 Å². The zero-order valence-electron chi connectivity index (χ0n) is 19.0. The van der Waals surface area contributed by atoms with E-state index >= 15 is 0 Å². The molecule has 2 saturated heterocycles. The van der Waals surface area contributed by atoms with Crippen LogP contribution in [0.15, 0.2) is 29.2 Å². The highest BCUT2D eigenvalue weighted by molar-refractivity contribution is 7.89. The van der Waals surface area contributed by atoms with Gasteiger partial charge in [-0.1, -0.05) is 18.0 Å². The lowest BCUT2D eigenvalue weighted by molar-refractivity contribution is 0.0428. The molecule has 2 aliphatic heterocycles. The number of sulfonamides is 1. The number of piperidine rings is 1. The van der Waals surface area contributed by atoms with Gasteiger partial charge >= 0.3 is 6.09 Å². The van der Waals surface area contributed by atoms with Gasteiger partial charge in [0.1, 0.15) is 6.61 Å². The highest BCUT2D eigenvalue weighted by Crippen LogP contribution is 2.33. The average Bonchev–Trinajstić information content (AvgIpc) is 2.82. The van der Waals surface area contributed by atoms with Gasteiger partial charge in [0.2, 0.25) is 16.4 Å². The number of halogens is 3. The summed E-state index contributed by atoms with van der Waals surface area (Å²) in [6.45, 7) is 2.59. The first-order valence-corrected chi connectivity index (χ1v) is 13.4. The third-order valence-electron chi connectivity index (χ3n) is 6.35. The van der Waals surface area contributed by atoms with Crippen LogP contribution in [0, 0.1) is 0 Å². The third kappa shape index (κ3) is 7.00. The number of carbonyl (C=O) groups is 1. The van der Waals surface area contributed by atoms with E-state index in [1.54, 1.807) is 4.90 Å². The van der Waals surface area contributed by atoms with Crippen molar-refractivity contribution in [1.29, 1.82) is 0 Å². The number of amides is 1. The number of nitrogens with zero attached hydrogens (tertiary/aromatic N) is 3. The molecule has 2 heterocycles. The topological polar surface area (TPSA) is 90.4 Å². The molecular formula is C22H32ClF2N3O5S. The second-order valence-electron chi connectivity index (χ2n) is 8.63. The SMILES string of the molecule is O=C(OC[C@@H]1CCC[C@H](CCC(F)F)N1S(=O)(=O)c1ccc(Cl)cc1)N1CCN(CCO)CC1. The van der Waals surface area contributed by atoms with Crippen LogP contribution in [0.25, 0.3) is 0 Å². The molecule has 1 amide bonds. The largest absolute Gasteiger partial charge is 0.448 e. The summed E-state index contributed by atoms with van der Waals surface area (Å²) in [6, 6.07) is 4.48. The lowest BCUT2D eigenvalue weighted by Crippen LogP contribution is -2.53. The number of piperazine rings is 1. The van der Waals surface area contributed by atoms with Crippen LogP contribution < -0.4 is 0 Å². The molecule has 1 aromatic carbocycles. The maximum atomic E-state index is 13.5. The van der Waals surface area contributed by atoms with E-state index in [9.17, 15) is 22.0 Å². The summed E-state index contributed by atoms with van der Waals surface area (Å²) in [6.07, 6.45) is -1.83. The van der Waals surface area contributed by atoms with Crippen LogP contribution in [0.2, 0.25) is 5.02 Å². The summed E-state index contributed by atoms with van der Waals surface area (Å²) < 4.78 is 59.7. The van der Waals surface area contributed by atoms with E-state index in [1.807, 2.05) is 4.90 Å². The van der Waals surface area contributed by atoms with Crippen LogP contribution in [0.5, 0.6) is 0 Å².